The van der Waals surface area contributed by atoms with Crippen LogP contribution in [0.2, 0.25) is 0 Å². The van der Waals surface area contributed by atoms with Gasteiger partial charge in [-0.25, -0.2) is 8.42 Å². The Balaban J connectivity index is 2.13. The summed E-state index contributed by atoms with van der Waals surface area (Å²) < 4.78 is 28.2. The lowest BCUT2D eigenvalue weighted by Crippen LogP contribution is -2.12. The number of nitrogens with two attached hydrogens (primary N) is 1. The molecule has 0 fully saturated rings. The Hall–Kier alpha value is -1.93. The number of rotatable bonds is 6. The summed E-state index contributed by atoms with van der Waals surface area (Å²) in [5, 5.41) is 3.99. The van der Waals surface area contributed by atoms with Crippen molar-refractivity contribution in [2.24, 2.45) is 5.73 Å². The molecule has 2 heterocycles. The summed E-state index contributed by atoms with van der Waals surface area (Å²) in [6.45, 7) is 1.14. The predicted octanol–water partition coefficient (Wildman–Crippen LogP) is 0.428. The normalized spacial score (nSPS) is 11.4. The molecule has 3 N–H and O–H groups in total. The summed E-state index contributed by atoms with van der Waals surface area (Å²) in [6, 6.07) is 3.16. The van der Waals surface area contributed by atoms with E-state index in [1.54, 1.807) is 16.8 Å². The van der Waals surface area contributed by atoms with Crippen LogP contribution in [0.25, 0.3) is 0 Å². The first-order chi connectivity index (χ1) is 9.12. The number of hydrogen-bond donors (Lipinski definition) is 2. The first-order valence-corrected chi connectivity index (χ1v) is 7.25. The molecular formula is C11H15N5O2S. The number of nitrogens with zero attached hydrogens (tertiary/aromatic N) is 3. The van der Waals surface area contributed by atoms with Gasteiger partial charge in [0.15, 0.2) is 0 Å². The highest BCUT2D eigenvalue weighted by Gasteiger charge is 2.16. The first kappa shape index (κ1) is 13.5. The summed E-state index contributed by atoms with van der Waals surface area (Å²) in [6.07, 6.45) is 6.59. The molecule has 8 heteroatoms. The largest absolute Gasteiger partial charge is 0.330 e. The smallest absolute Gasteiger partial charge is 0.265 e. The molecule has 0 radical (unpaired) electrons. The molecule has 0 spiro atoms. The molecule has 0 saturated heterocycles. The van der Waals surface area contributed by atoms with Crippen LogP contribution in [0, 0.1) is 0 Å². The summed E-state index contributed by atoms with van der Waals surface area (Å²) in [5.41, 5.74) is 5.86. The molecule has 0 atom stereocenters. The van der Waals surface area contributed by atoms with Crippen molar-refractivity contribution >= 4 is 15.7 Å². The van der Waals surface area contributed by atoms with Crippen LogP contribution < -0.4 is 10.5 Å². The van der Waals surface area contributed by atoms with Crippen molar-refractivity contribution in [3.05, 3.63) is 36.9 Å². The van der Waals surface area contributed by atoms with Crippen LogP contribution in [0.5, 0.6) is 0 Å². The van der Waals surface area contributed by atoms with Crippen LogP contribution in [0.15, 0.2) is 41.8 Å². The molecule has 2 aromatic heterocycles. The van der Waals surface area contributed by atoms with Crippen LogP contribution in [-0.4, -0.2) is 29.7 Å². The third-order valence-corrected chi connectivity index (χ3v) is 3.78. The van der Waals surface area contributed by atoms with Gasteiger partial charge in [-0.2, -0.15) is 5.10 Å². The number of nitrogens with one attached hydrogen (secondary N) is 1. The molecule has 0 aromatic carbocycles. The van der Waals surface area contributed by atoms with Crippen molar-refractivity contribution in [1.82, 2.24) is 14.8 Å². The predicted molar refractivity (Wildman–Crippen MR) is 70.9 cm³/mol. The topological polar surface area (TPSA) is 103 Å². The molecule has 2 aromatic rings. The monoisotopic (exact) mass is 281 g/mol. The fourth-order valence-corrected chi connectivity index (χ4v) is 2.50. The van der Waals surface area contributed by atoms with E-state index >= 15 is 0 Å². The number of sulfonamides is 1. The van der Waals surface area contributed by atoms with Crippen LogP contribution in [-0.2, 0) is 16.6 Å². The fourth-order valence-electron chi connectivity index (χ4n) is 1.49. The highest BCUT2D eigenvalue weighted by atomic mass is 32.2. The Bertz CT molecular complexity index is 624. The lowest BCUT2D eigenvalue weighted by molar-refractivity contribution is 0.582. The number of anilines is 1. The highest BCUT2D eigenvalue weighted by Crippen LogP contribution is 2.14. The van der Waals surface area contributed by atoms with Gasteiger partial charge in [0.2, 0.25) is 0 Å². The maximum atomic E-state index is 12.1. The second kappa shape index (κ2) is 5.81. The molecule has 2 rings (SSSR count). The van der Waals surface area contributed by atoms with Crippen molar-refractivity contribution in [2.75, 3.05) is 11.3 Å². The molecule has 0 aliphatic heterocycles. The van der Waals surface area contributed by atoms with Gasteiger partial charge in [-0.3, -0.25) is 14.4 Å². The highest BCUT2D eigenvalue weighted by molar-refractivity contribution is 7.92. The van der Waals surface area contributed by atoms with Gasteiger partial charge >= 0.3 is 0 Å². The molecule has 19 heavy (non-hydrogen) atoms. The van der Waals surface area contributed by atoms with Gasteiger partial charge in [-0.05, 0) is 25.1 Å². The van der Waals surface area contributed by atoms with E-state index < -0.39 is 10.0 Å². The van der Waals surface area contributed by atoms with Gasteiger partial charge in [0.25, 0.3) is 10.0 Å². The molecular weight excluding hydrogens is 266 g/mol. The van der Waals surface area contributed by atoms with E-state index in [1.807, 2.05) is 0 Å². The molecule has 0 aliphatic carbocycles. The molecule has 0 aliphatic rings. The van der Waals surface area contributed by atoms with Gasteiger partial charge in [-0.1, -0.05) is 0 Å². The van der Waals surface area contributed by atoms with E-state index in [0.717, 1.165) is 6.42 Å². The average Bonchev–Trinajstić information content (AvgIpc) is 2.86. The quantitative estimate of drug-likeness (QED) is 0.799. The summed E-state index contributed by atoms with van der Waals surface area (Å²) in [5.74, 6) is 0. The van der Waals surface area contributed by atoms with E-state index in [2.05, 4.69) is 14.8 Å². The average molecular weight is 281 g/mol. The minimum absolute atomic E-state index is 0.126. The summed E-state index contributed by atoms with van der Waals surface area (Å²) in [4.78, 5) is 3.95. The van der Waals surface area contributed by atoms with E-state index in [9.17, 15) is 8.42 Å². The van der Waals surface area contributed by atoms with E-state index in [-0.39, 0.29) is 4.90 Å². The minimum atomic E-state index is -3.61. The molecule has 0 unspecified atom stereocenters. The first-order valence-electron chi connectivity index (χ1n) is 5.77. The third-order valence-electron chi connectivity index (χ3n) is 2.44. The Morgan fingerprint density at radius 2 is 2.05 bits per heavy atom. The van der Waals surface area contributed by atoms with E-state index in [4.69, 9.17) is 5.73 Å². The van der Waals surface area contributed by atoms with Crippen molar-refractivity contribution < 1.29 is 8.42 Å². The molecule has 0 amide bonds. The van der Waals surface area contributed by atoms with Crippen molar-refractivity contribution in [3.8, 4) is 0 Å². The zero-order chi connectivity index (χ0) is 13.7. The number of pyridine rings is 1. The number of aryl methyl sites for hydroxylation is 1. The standard InChI is InChI=1S/C11H15N5O2S/c12-4-1-7-16-9-11(8-14-16)19(17,18)15-10-2-5-13-6-3-10/h2-3,5-6,8-9H,1,4,7,12H2,(H,13,15). The molecule has 0 bridgehead atoms. The van der Waals surface area contributed by atoms with Gasteiger partial charge in [0, 0.05) is 25.1 Å². The maximum absolute atomic E-state index is 12.1. The van der Waals surface area contributed by atoms with Crippen LogP contribution >= 0.6 is 0 Å². The second-order valence-corrected chi connectivity index (χ2v) is 5.61. The number of aromatic nitrogens is 3. The van der Waals surface area contributed by atoms with E-state index in [1.165, 1.54) is 24.8 Å². The third kappa shape index (κ3) is 3.52. The maximum Gasteiger partial charge on any atom is 0.265 e. The SMILES string of the molecule is NCCCn1cc(S(=O)(=O)Nc2ccncc2)cn1. The molecule has 102 valence electrons. The van der Waals surface area contributed by atoms with Crippen molar-refractivity contribution in [2.45, 2.75) is 17.9 Å². The molecule has 7 nitrogen and oxygen atoms in total. The van der Waals surface area contributed by atoms with Crippen LogP contribution in [0.1, 0.15) is 6.42 Å². The lowest BCUT2D eigenvalue weighted by atomic mass is 10.4. The lowest BCUT2D eigenvalue weighted by Gasteiger charge is -2.05. The van der Waals surface area contributed by atoms with Gasteiger partial charge in [0.1, 0.15) is 4.90 Å². The van der Waals surface area contributed by atoms with Crippen LogP contribution in [0.4, 0.5) is 5.69 Å². The Kier molecular flexibility index (Phi) is 4.13. The van der Waals surface area contributed by atoms with Crippen molar-refractivity contribution in [3.63, 3.8) is 0 Å². The van der Waals surface area contributed by atoms with Crippen molar-refractivity contribution in [1.29, 1.82) is 0 Å². The Morgan fingerprint density at radius 3 is 2.74 bits per heavy atom. The molecule has 0 saturated carbocycles. The fraction of sp³-hybridized carbons (Fsp3) is 0.273. The van der Waals surface area contributed by atoms with E-state index in [0.29, 0.717) is 18.8 Å². The second-order valence-electron chi connectivity index (χ2n) is 3.92. The Morgan fingerprint density at radius 1 is 1.32 bits per heavy atom. The van der Waals surface area contributed by atoms with Crippen LogP contribution in [0.3, 0.4) is 0 Å². The summed E-state index contributed by atoms with van der Waals surface area (Å²) >= 11 is 0. The minimum Gasteiger partial charge on any atom is -0.330 e. The van der Waals surface area contributed by atoms with Gasteiger partial charge < -0.3 is 5.73 Å². The zero-order valence-electron chi connectivity index (χ0n) is 10.2. The van der Waals surface area contributed by atoms with Gasteiger partial charge in [-0.15, -0.1) is 0 Å². The number of hydrogen-bond acceptors (Lipinski definition) is 5. The summed E-state index contributed by atoms with van der Waals surface area (Å²) in [7, 11) is -3.61. The van der Waals surface area contributed by atoms with Gasteiger partial charge in [0.05, 0.1) is 11.9 Å². The zero-order valence-corrected chi connectivity index (χ0v) is 11.0. The Labute approximate surface area is 111 Å².